The Labute approximate surface area is 184 Å². The van der Waals surface area contributed by atoms with Gasteiger partial charge in [-0.2, -0.15) is 15.0 Å². The van der Waals surface area contributed by atoms with Gasteiger partial charge >= 0.3 is 0 Å². The van der Waals surface area contributed by atoms with E-state index in [-0.39, 0.29) is 11.9 Å². The van der Waals surface area contributed by atoms with Crippen LogP contribution >= 0.6 is 11.3 Å². The van der Waals surface area contributed by atoms with Crippen LogP contribution < -0.4 is 0 Å². The SMILES string of the molecule is O=C(c1ccccc1-n1nccn1)N1CCOCC1Cc1cccc(-c2cccs2)c1. The zero-order valence-electron chi connectivity index (χ0n) is 16.9. The minimum Gasteiger partial charge on any atom is -0.377 e. The lowest BCUT2D eigenvalue weighted by atomic mass is 10.0. The number of aromatic nitrogens is 3. The summed E-state index contributed by atoms with van der Waals surface area (Å²) in [5.41, 5.74) is 3.68. The van der Waals surface area contributed by atoms with E-state index in [1.165, 1.54) is 20.8 Å². The van der Waals surface area contributed by atoms with Crippen molar-refractivity contribution < 1.29 is 9.53 Å². The van der Waals surface area contributed by atoms with Crippen LogP contribution in [0.1, 0.15) is 15.9 Å². The quantitative estimate of drug-likeness (QED) is 0.479. The van der Waals surface area contributed by atoms with Gasteiger partial charge in [0.1, 0.15) is 0 Å². The molecule has 4 aromatic rings. The van der Waals surface area contributed by atoms with Crippen LogP contribution in [0.25, 0.3) is 16.1 Å². The molecule has 3 heterocycles. The fraction of sp³-hybridized carbons (Fsp3) is 0.208. The Bertz CT molecular complexity index is 1160. The lowest BCUT2D eigenvalue weighted by Crippen LogP contribution is -2.50. The molecule has 7 heteroatoms. The third kappa shape index (κ3) is 4.15. The zero-order chi connectivity index (χ0) is 21.0. The largest absolute Gasteiger partial charge is 0.377 e. The average Bonchev–Trinajstić information content (AvgIpc) is 3.54. The van der Waals surface area contributed by atoms with Crippen molar-refractivity contribution in [1.82, 2.24) is 19.9 Å². The van der Waals surface area contributed by atoms with E-state index in [0.717, 1.165) is 6.42 Å². The first-order chi connectivity index (χ1) is 15.3. The van der Waals surface area contributed by atoms with Crippen LogP contribution in [-0.4, -0.2) is 51.6 Å². The molecule has 0 bridgehead atoms. The Morgan fingerprint density at radius 2 is 1.94 bits per heavy atom. The molecule has 0 saturated carbocycles. The van der Waals surface area contributed by atoms with Crippen LogP contribution in [0.3, 0.4) is 0 Å². The number of rotatable bonds is 5. The number of hydrogen-bond acceptors (Lipinski definition) is 5. The summed E-state index contributed by atoms with van der Waals surface area (Å²) in [7, 11) is 0. The van der Waals surface area contributed by atoms with Crippen LogP contribution in [0.15, 0.2) is 78.4 Å². The van der Waals surface area contributed by atoms with Gasteiger partial charge in [0.15, 0.2) is 0 Å². The number of para-hydroxylation sites is 1. The molecule has 1 unspecified atom stereocenters. The molecule has 1 fully saturated rings. The van der Waals surface area contributed by atoms with E-state index in [1.807, 2.05) is 29.2 Å². The Morgan fingerprint density at radius 1 is 1.06 bits per heavy atom. The van der Waals surface area contributed by atoms with Gasteiger partial charge in [0, 0.05) is 11.4 Å². The van der Waals surface area contributed by atoms with Gasteiger partial charge in [-0.05, 0) is 41.1 Å². The first-order valence-corrected chi connectivity index (χ1v) is 11.1. The standard InChI is InChI=1S/C24H22N4O2S/c29-24(21-7-1-2-8-22(21)28-25-10-11-26-28)27-12-13-30-17-20(27)16-18-5-3-6-19(15-18)23-9-4-14-31-23/h1-11,14-15,20H,12-13,16-17H2. The lowest BCUT2D eigenvalue weighted by Gasteiger charge is -2.36. The van der Waals surface area contributed by atoms with Crippen molar-refractivity contribution in [3.63, 3.8) is 0 Å². The average molecular weight is 431 g/mol. The van der Waals surface area contributed by atoms with E-state index in [9.17, 15) is 4.79 Å². The summed E-state index contributed by atoms with van der Waals surface area (Å²) >= 11 is 1.73. The van der Waals surface area contributed by atoms with Crippen LogP contribution in [0.2, 0.25) is 0 Å². The summed E-state index contributed by atoms with van der Waals surface area (Å²) in [6, 6.07) is 20.2. The predicted molar refractivity (Wildman–Crippen MR) is 120 cm³/mol. The van der Waals surface area contributed by atoms with E-state index in [2.05, 4.69) is 52.0 Å². The third-order valence-corrected chi connectivity index (χ3v) is 6.38. The predicted octanol–water partition coefficient (Wildman–Crippen LogP) is 4.08. The summed E-state index contributed by atoms with van der Waals surface area (Å²) in [5, 5.41) is 10.5. The second kappa shape index (κ2) is 8.83. The van der Waals surface area contributed by atoms with E-state index in [0.29, 0.717) is 31.0 Å². The Kier molecular flexibility index (Phi) is 5.60. The highest BCUT2D eigenvalue weighted by molar-refractivity contribution is 7.13. The van der Waals surface area contributed by atoms with Crippen LogP contribution in [-0.2, 0) is 11.2 Å². The molecule has 1 atom stereocenters. The molecule has 2 aromatic carbocycles. The fourth-order valence-electron chi connectivity index (χ4n) is 3.98. The highest BCUT2D eigenvalue weighted by Gasteiger charge is 2.30. The van der Waals surface area contributed by atoms with Crippen molar-refractivity contribution in [2.45, 2.75) is 12.5 Å². The smallest absolute Gasteiger partial charge is 0.256 e. The van der Waals surface area contributed by atoms with Crippen molar-refractivity contribution >= 4 is 17.2 Å². The zero-order valence-corrected chi connectivity index (χ0v) is 17.7. The minimum atomic E-state index is -0.0292. The number of benzene rings is 2. The minimum absolute atomic E-state index is 0.0180. The summed E-state index contributed by atoms with van der Waals surface area (Å²) in [6.07, 6.45) is 3.96. The first-order valence-electron chi connectivity index (χ1n) is 10.3. The summed E-state index contributed by atoms with van der Waals surface area (Å²) in [6.45, 7) is 1.63. The lowest BCUT2D eigenvalue weighted by molar-refractivity contribution is -0.00164. The van der Waals surface area contributed by atoms with E-state index in [1.54, 1.807) is 23.7 Å². The first kappa shape index (κ1) is 19.7. The maximum atomic E-state index is 13.6. The van der Waals surface area contributed by atoms with Crippen LogP contribution in [0.5, 0.6) is 0 Å². The van der Waals surface area contributed by atoms with E-state index in [4.69, 9.17) is 4.74 Å². The maximum absolute atomic E-state index is 13.6. The van der Waals surface area contributed by atoms with Crippen LogP contribution in [0, 0.1) is 0 Å². The number of amides is 1. The Hall–Kier alpha value is -3.29. The molecular weight excluding hydrogens is 408 g/mol. The van der Waals surface area contributed by atoms with Gasteiger partial charge in [-0.15, -0.1) is 11.3 Å². The summed E-state index contributed by atoms with van der Waals surface area (Å²) in [5.74, 6) is -0.0180. The molecule has 31 heavy (non-hydrogen) atoms. The van der Waals surface area contributed by atoms with Gasteiger partial charge in [-0.1, -0.05) is 42.5 Å². The molecule has 0 radical (unpaired) electrons. The number of carbonyl (C=O) groups excluding carboxylic acids is 1. The third-order valence-electron chi connectivity index (χ3n) is 5.46. The van der Waals surface area contributed by atoms with Crippen molar-refractivity contribution in [3.05, 3.63) is 89.6 Å². The molecule has 6 nitrogen and oxygen atoms in total. The van der Waals surface area contributed by atoms with Gasteiger partial charge in [0.2, 0.25) is 0 Å². The molecule has 5 rings (SSSR count). The molecule has 1 aliphatic heterocycles. The van der Waals surface area contributed by atoms with Gasteiger partial charge in [0.25, 0.3) is 5.91 Å². The number of morpholine rings is 1. The summed E-state index contributed by atoms with van der Waals surface area (Å²) in [4.78, 5) is 18.2. The van der Waals surface area contributed by atoms with Crippen molar-refractivity contribution in [2.75, 3.05) is 19.8 Å². The highest BCUT2D eigenvalue weighted by Crippen LogP contribution is 2.27. The van der Waals surface area contributed by atoms with Crippen LogP contribution in [0.4, 0.5) is 0 Å². The molecule has 1 aliphatic rings. The number of ether oxygens (including phenoxy) is 1. The van der Waals surface area contributed by atoms with Gasteiger partial charge in [-0.25, -0.2) is 0 Å². The molecule has 1 saturated heterocycles. The molecule has 0 N–H and O–H groups in total. The summed E-state index contributed by atoms with van der Waals surface area (Å²) < 4.78 is 5.75. The molecule has 0 aliphatic carbocycles. The highest BCUT2D eigenvalue weighted by atomic mass is 32.1. The topological polar surface area (TPSA) is 60.2 Å². The number of thiophene rings is 1. The molecule has 1 amide bonds. The molecule has 0 spiro atoms. The molecule has 2 aromatic heterocycles. The second-order valence-electron chi connectivity index (χ2n) is 7.44. The Morgan fingerprint density at radius 3 is 2.77 bits per heavy atom. The Balaban J connectivity index is 1.41. The second-order valence-corrected chi connectivity index (χ2v) is 8.39. The van der Waals surface area contributed by atoms with Crippen molar-refractivity contribution in [2.24, 2.45) is 0 Å². The number of carbonyl (C=O) groups is 1. The fourth-order valence-corrected chi connectivity index (χ4v) is 4.71. The maximum Gasteiger partial charge on any atom is 0.256 e. The van der Waals surface area contributed by atoms with E-state index < -0.39 is 0 Å². The van der Waals surface area contributed by atoms with Gasteiger partial charge in [0.05, 0.1) is 42.9 Å². The van der Waals surface area contributed by atoms with E-state index >= 15 is 0 Å². The molecule has 156 valence electrons. The van der Waals surface area contributed by atoms with Crippen molar-refractivity contribution in [3.8, 4) is 16.1 Å². The van der Waals surface area contributed by atoms with Gasteiger partial charge < -0.3 is 9.64 Å². The number of hydrogen-bond donors (Lipinski definition) is 0. The normalized spacial score (nSPS) is 16.4. The molecular formula is C24H22N4O2S. The van der Waals surface area contributed by atoms with Crippen molar-refractivity contribution in [1.29, 1.82) is 0 Å². The monoisotopic (exact) mass is 430 g/mol. The number of nitrogens with zero attached hydrogens (tertiary/aromatic N) is 4. The van der Waals surface area contributed by atoms with Gasteiger partial charge in [-0.3, -0.25) is 4.79 Å².